The number of benzene rings is 1. The average molecular weight is 275 g/mol. The van der Waals surface area contributed by atoms with Crippen molar-refractivity contribution >= 4 is 11.4 Å². The molecule has 3 nitrogen and oxygen atoms in total. The van der Waals surface area contributed by atoms with Gasteiger partial charge in [0.1, 0.15) is 0 Å². The van der Waals surface area contributed by atoms with Crippen molar-refractivity contribution in [2.45, 2.75) is 39.5 Å². The van der Waals surface area contributed by atoms with Crippen LogP contribution in [0.5, 0.6) is 0 Å². The molecule has 0 spiro atoms. The lowest BCUT2D eigenvalue weighted by atomic mass is 9.85. The van der Waals surface area contributed by atoms with Crippen molar-refractivity contribution in [1.29, 1.82) is 0 Å². The maximum Gasteiger partial charge on any atom is 0.0430 e. The number of aryl methyl sites for hydroxylation is 1. The number of fused-ring (bicyclic) bond motifs is 1. The Hall–Kier alpha value is -1.22. The second kappa shape index (κ2) is 6.49. The van der Waals surface area contributed by atoms with Crippen LogP contribution in [0.1, 0.15) is 43.7 Å². The molecule has 112 valence electrons. The van der Waals surface area contributed by atoms with E-state index in [2.05, 4.69) is 49.8 Å². The maximum atomic E-state index is 5.82. The number of rotatable bonds is 5. The highest BCUT2D eigenvalue weighted by Crippen LogP contribution is 2.41. The van der Waals surface area contributed by atoms with Gasteiger partial charge in [0.15, 0.2) is 0 Å². The van der Waals surface area contributed by atoms with E-state index in [1.165, 1.54) is 28.9 Å². The van der Waals surface area contributed by atoms with Gasteiger partial charge < -0.3 is 15.5 Å². The third kappa shape index (κ3) is 2.78. The van der Waals surface area contributed by atoms with Crippen LogP contribution in [0.25, 0.3) is 0 Å². The predicted octanol–water partition coefficient (Wildman–Crippen LogP) is 3.11. The molecule has 1 unspecified atom stereocenters. The lowest BCUT2D eigenvalue weighted by molar-refractivity contribution is 0.559. The summed E-state index contributed by atoms with van der Waals surface area (Å²) < 4.78 is 0. The number of anilines is 2. The van der Waals surface area contributed by atoms with Gasteiger partial charge in [0, 0.05) is 38.1 Å². The highest BCUT2D eigenvalue weighted by atomic mass is 15.1. The summed E-state index contributed by atoms with van der Waals surface area (Å²) in [7, 11) is 2.21. The van der Waals surface area contributed by atoms with Crippen LogP contribution in [0.4, 0.5) is 11.4 Å². The highest BCUT2D eigenvalue weighted by Gasteiger charge is 2.25. The zero-order valence-corrected chi connectivity index (χ0v) is 13.4. The van der Waals surface area contributed by atoms with Crippen molar-refractivity contribution in [2.24, 2.45) is 5.73 Å². The maximum absolute atomic E-state index is 5.82. The average Bonchev–Trinajstić information content (AvgIpc) is 2.43. The first-order chi connectivity index (χ1) is 9.62. The highest BCUT2D eigenvalue weighted by molar-refractivity contribution is 5.68. The van der Waals surface area contributed by atoms with Gasteiger partial charge in [0.05, 0.1) is 0 Å². The molecule has 0 saturated carbocycles. The van der Waals surface area contributed by atoms with Gasteiger partial charge in [-0.2, -0.15) is 0 Å². The van der Waals surface area contributed by atoms with Crippen molar-refractivity contribution in [1.82, 2.24) is 0 Å². The standard InChI is InChI=1S/C17H29N3/c1-5-20(6-2)15-11-13(3)17-16(12-15)14(7-9-18)8-10-19(17)4/h11-12,14H,5-10,18H2,1-4H3. The Bertz CT molecular complexity index is 452. The van der Waals surface area contributed by atoms with Gasteiger partial charge in [-0.3, -0.25) is 0 Å². The Morgan fingerprint density at radius 1 is 1.30 bits per heavy atom. The minimum atomic E-state index is 0.625. The van der Waals surface area contributed by atoms with Gasteiger partial charge in [-0.1, -0.05) is 0 Å². The van der Waals surface area contributed by atoms with Crippen LogP contribution in [0.15, 0.2) is 12.1 Å². The predicted molar refractivity (Wildman–Crippen MR) is 89.0 cm³/mol. The first kappa shape index (κ1) is 15.2. The third-order valence-corrected chi connectivity index (χ3v) is 4.59. The SMILES string of the molecule is CCN(CC)c1cc(C)c2c(c1)C(CCN)CCN2C. The monoisotopic (exact) mass is 275 g/mol. The second-order valence-corrected chi connectivity index (χ2v) is 5.86. The van der Waals surface area contributed by atoms with Gasteiger partial charge >= 0.3 is 0 Å². The molecule has 1 aromatic rings. The quantitative estimate of drug-likeness (QED) is 0.896. The summed E-state index contributed by atoms with van der Waals surface area (Å²) in [5.74, 6) is 0.625. The van der Waals surface area contributed by atoms with Crippen molar-refractivity contribution in [3.8, 4) is 0 Å². The van der Waals surface area contributed by atoms with Crippen LogP contribution < -0.4 is 15.5 Å². The Morgan fingerprint density at radius 3 is 2.60 bits per heavy atom. The molecule has 0 aliphatic carbocycles. The summed E-state index contributed by atoms with van der Waals surface area (Å²) in [4.78, 5) is 4.84. The minimum absolute atomic E-state index is 0.625. The molecule has 0 amide bonds. The third-order valence-electron chi connectivity index (χ3n) is 4.59. The minimum Gasteiger partial charge on any atom is -0.374 e. The van der Waals surface area contributed by atoms with Crippen LogP contribution in [0.3, 0.4) is 0 Å². The summed E-state index contributed by atoms with van der Waals surface area (Å²) >= 11 is 0. The Morgan fingerprint density at radius 2 is 2.00 bits per heavy atom. The molecule has 1 heterocycles. The largest absolute Gasteiger partial charge is 0.374 e. The van der Waals surface area contributed by atoms with Crippen LogP contribution in [0, 0.1) is 6.92 Å². The summed E-state index contributed by atoms with van der Waals surface area (Å²) in [6.07, 6.45) is 2.32. The fourth-order valence-electron chi connectivity index (χ4n) is 3.51. The lowest BCUT2D eigenvalue weighted by Crippen LogP contribution is -2.30. The van der Waals surface area contributed by atoms with Crippen LogP contribution >= 0.6 is 0 Å². The normalized spacial score (nSPS) is 18.1. The van der Waals surface area contributed by atoms with E-state index in [0.29, 0.717) is 5.92 Å². The Kier molecular flexibility index (Phi) is 4.92. The molecule has 1 aliphatic rings. The van der Waals surface area contributed by atoms with Crippen LogP contribution in [-0.4, -0.2) is 33.2 Å². The van der Waals surface area contributed by atoms with E-state index >= 15 is 0 Å². The van der Waals surface area contributed by atoms with E-state index in [0.717, 1.165) is 32.6 Å². The van der Waals surface area contributed by atoms with Crippen molar-refractivity contribution in [3.63, 3.8) is 0 Å². The molecule has 0 aromatic heterocycles. The molecular formula is C17H29N3. The van der Waals surface area contributed by atoms with Crippen LogP contribution in [-0.2, 0) is 0 Å². The number of nitrogens with two attached hydrogens (primary N) is 1. The molecule has 0 radical (unpaired) electrons. The Balaban J connectivity index is 2.47. The van der Waals surface area contributed by atoms with Gasteiger partial charge in [-0.15, -0.1) is 0 Å². The van der Waals surface area contributed by atoms with E-state index in [-0.39, 0.29) is 0 Å². The lowest BCUT2D eigenvalue weighted by Gasteiger charge is -2.36. The second-order valence-electron chi connectivity index (χ2n) is 5.86. The van der Waals surface area contributed by atoms with E-state index in [1.54, 1.807) is 0 Å². The molecule has 2 N–H and O–H groups in total. The fraction of sp³-hybridized carbons (Fsp3) is 0.647. The molecular weight excluding hydrogens is 246 g/mol. The molecule has 3 heteroatoms. The molecule has 0 saturated heterocycles. The smallest absolute Gasteiger partial charge is 0.0430 e. The summed E-state index contributed by atoms with van der Waals surface area (Å²) in [5, 5.41) is 0. The number of nitrogens with zero attached hydrogens (tertiary/aromatic N) is 2. The molecule has 1 aromatic carbocycles. The molecule has 0 fully saturated rings. The van der Waals surface area contributed by atoms with E-state index in [1.807, 2.05) is 0 Å². The molecule has 1 aliphatic heterocycles. The zero-order valence-electron chi connectivity index (χ0n) is 13.4. The summed E-state index contributed by atoms with van der Waals surface area (Å²) in [5.41, 5.74) is 11.5. The van der Waals surface area contributed by atoms with Gasteiger partial charge in [-0.25, -0.2) is 0 Å². The molecule has 0 bridgehead atoms. The van der Waals surface area contributed by atoms with Crippen molar-refractivity contribution < 1.29 is 0 Å². The Labute approximate surface area is 123 Å². The van der Waals surface area contributed by atoms with E-state index in [4.69, 9.17) is 5.73 Å². The molecule has 2 rings (SSSR count). The fourth-order valence-corrected chi connectivity index (χ4v) is 3.51. The first-order valence-corrected chi connectivity index (χ1v) is 7.93. The molecule has 1 atom stereocenters. The first-order valence-electron chi connectivity index (χ1n) is 7.93. The number of hydrogen-bond donors (Lipinski definition) is 1. The number of hydrogen-bond acceptors (Lipinski definition) is 3. The van der Waals surface area contributed by atoms with Crippen molar-refractivity contribution in [2.75, 3.05) is 43.0 Å². The van der Waals surface area contributed by atoms with E-state index in [9.17, 15) is 0 Å². The van der Waals surface area contributed by atoms with Gasteiger partial charge in [0.2, 0.25) is 0 Å². The van der Waals surface area contributed by atoms with Crippen LogP contribution in [0.2, 0.25) is 0 Å². The summed E-state index contributed by atoms with van der Waals surface area (Å²) in [6, 6.07) is 4.75. The zero-order chi connectivity index (χ0) is 14.7. The van der Waals surface area contributed by atoms with Gasteiger partial charge in [0.25, 0.3) is 0 Å². The van der Waals surface area contributed by atoms with Crippen molar-refractivity contribution in [3.05, 3.63) is 23.3 Å². The van der Waals surface area contributed by atoms with Gasteiger partial charge in [-0.05, 0) is 69.3 Å². The molecule has 20 heavy (non-hydrogen) atoms. The summed E-state index contributed by atoms with van der Waals surface area (Å²) in [6.45, 7) is 10.7. The van der Waals surface area contributed by atoms with E-state index < -0.39 is 0 Å². The topological polar surface area (TPSA) is 32.5 Å².